The molecule has 0 aliphatic rings. The summed E-state index contributed by atoms with van der Waals surface area (Å²) in [7, 11) is 0. The molecule has 2 heterocycles. The summed E-state index contributed by atoms with van der Waals surface area (Å²) in [5, 5.41) is 27.5. The van der Waals surface area contributed by atoms with Crippen LogP contribution in [0.1, 0.15) is 52.5 Å². The largest absolute Gasteiger partial charge is 0.394 e. The van der Waals surface area contributed by atoms with Gasteiger partial charge >= 0.3 is 0 Å². The number of aliphatic hydroxyl groups excluding tert-OH is 1. The summed E-state index contributed by atoms with van der Waals surface area (Å²) in [6.07, 6.45) is 17.8. The molecular formula is C26H30N3O3S+. The van der Waals surface area contributed by atoms with Gasteiger partial charge in [-0.1, -0.05) is 18.4 Å². The van der Waals surface area contributed by atoms with Gasteiger partial charge in [-0.25, -0.2) is 4.57 Å². The fourth-order valence-corrected chi connectivity index (χ4v) is 4.25. The van der Waals surface area contributed by atoms with Crippen LogP contribution in [0, 0.1) is 35.0 Å². The zero-order chi connectivity index (χ0) is 23.7. The van der Waals surface area contributed by atoms with Gasteiger partial charge in [0.05, 0.1) is 32.0 Å². The summed E-state index contributed by atoms with van der Waals surface area (Å²) in [4.78, 5) is 1.65. The highest BCUT2D eigenvalue weighted by atomic mass is 32.1. The van der Waals surface area contributed by atoms with Crippen molar-refractivity contribution >= 4 is 23.5 Å². The quantitative estimate of drug-likeness (QED) is 0.244. The van der Waals surface area contributed by atoms with Crippen molar-refractivity contribution in [1.82, 2.24) is 0 Å². The summed E-state index contributed by atoms with van der Waals surface area (Å²) in [5.41, 5.74) is 1.89. The third-order valence-electron chi connectivity index (χ3n) is 4.87. The van der Waals surface area contributed by atoms with E-state index in [1.807, 2.05) is 30.4 Å². The van der Waals surface area contributed by atoms with E-state index in [1.54, 1.807) is 0 Å². The number of ether oxygens (including phenoxy) is 2. The normalized spacial score (nSPS) is 10.9. The molecule has 0 aliphatic heterocycles. The van der Waals surface area contributed by atoms with Crippen LogP contribution >= 0.6 is 11.3 Å². The molecule has 172 valence electrons. The lowest BCUT2D eigenvalue weighted by Gasteiger charge is -2.03. The van der Waals surface area contributed by atoms with Gasteiger partial charge in [-0.15, -0.1) is 17.8 Å². The Kier molecular flexibility index (Phi) is 12.5. The smallest absolute Gasteiger partial charge is 0.169 e. The molecule has 0 fully saturated rings. The number of hydrogen-bond acceptors (Lipinski definition) is 6. The molecule has 0 saturated carbocycles. The lowest BCUT2D eigenvalue weighted by molar-refractivity contribution is -0.697. The van der Waals surface area contributed by atoms with E-state index in [-0.39, 0.29) is 19.8 Å². The lowest BCUT2D eigenvalue weighted by Crippen LogP contribution is -2.32. The molecule has 0 aliphatic carbocycles. The molecule has 33 heavy (non-hydrogen) atoms. The SMILES string of the molecule is C#CCOCCCCCC[n+]1ccc(/C=C/c2cc(COCCO)c(C(C#N)C#N)s2)cc1. The average Bonchev–Trinajstić information content (AvgIpc) is 3.24. The predicted octanol–water partition coefficient (Wildman–Crippen LogP) is 4.06. The Morgan fingerprint density at radius 2 is 1.82 bits per heavy atom. The van der Waals surface area contributed by atoms with E-state index in [1.165, 1.54) is 11.3 Å². The van der Waals surface area contributed by atoms with E-state index in [4.69, 9.17) is 21.0 Å². The minimum Gasteiger partial charge on any atom is -0.394 e. The third-order valence-corrected chi connectivity index (χ3v) is 6.08. The molecule has 0 amide bonds. The molecule has 0 atom stereocenters. The molecule has 0 spiro atoms. The van der Waals surface area contributed by atoms with Crippen LogP contribution in [0.5, 0.6) is 0 Å². The minimum atomic E-state index is -0.823. The van der Waals surface area contributed by atoms with Gasteiger partial charge < -0.3 is 14.6 Å². The van der Waals surface area contributed by atoms with E-state index in [2.05, 4.69) is 35.0 Å². The number of aliphatic hydroxyl groups is 1. The molecule has 2 aromatic rings. The molecule has 2 rings (SSSR count). The Morgan fingerprint density at radius 3 is 2.52 bits per heavy atom. The van der Waals surface area contributed by atoms with Crippen molar-refractivity contribution in [1.29, 1.82) is 10.5 Å². The van der Waals surface area contributed by atoms with Gasteiger partial charge in [0.15, 0.2) is 18.3 Å². The number of rotatable bonds is 15. The summed E-state index contributed by atoms with van der Waals surface area (Å²) in [5.74, 6) is 1.65. The second kappa shape index (κ2) is 15.8. The first-order chi connectivity index (χ1) is 16.2. The monoisotopic (exact) mass is 464 g/mol. The Bertz CT molecular complexity index is 980. The van der Waals surface area contributed by atoms with Crippen molar-refractivity contribution in [2.24, 2.45) is 0 Å². The lowest BCUT2D eigenvalue weighted by atomic mass is 10.1. The number of unbranched alkanes of at least 4 members (excludes halogenated alkanes) is 3. The minimum absolute atomic E-state index is 0.0672. The second-order valence-electron chi connectivity index (χ2n) is 7.38. The van der Waals surface area contributed by atoms with Crippen molar-refractivity contribution in [3.8, 4) is 24.5 Å². The van der Waals surface area contributed by atoms with Crippen molar-refractivity contribution in [3.63, 3.8) is 0 Å². The second-order valence-corrected chi connectivity index (χ2v) is 8.49. The third kappa shape index (κ3) is 9.58. The zero-order valence-corrected chi connectivity index (χ0v) is 19.6. The average molecular weight is 465 g/mol. The van der Waals surface area contributed by atoms with E-state index in [0.29, 0.717) is 11.5 Å². The van der Waals surface area contributed by atoms with Crippen molar-refractivity contribution < 1.29 is 19.1 Å². The molecule has 1 N–H and O–H groups in total. The van der Waals surface area contributed by atoms with Crippen molar-refractivity contribution in [3.05, 3.63) is 51.5 Å². The predicted molar refractivity (Wildman–Crippen MR) is 129 cm³/mol. The number of nitriles is 2. The maximum Gasteiger partial charge on any atom is 0.169 e. The van der Waals surface area contributed by atoms with E-state index in [9.17, 15) is 10.5 Å². The summed E-state index contributed by atoms with van der Waals surface area (Å²) in [6.45, 7) is 2.52. The number of hydrogen-bond donors (Lipinski definition) is 1. The van der Waals surface area contributed by atoms with Gasteiger partial charge in [-0.05, 0) is 36.1 Å². The summed E-state index contributed by atoms with van der Waals surface area (Å²) in [6, 6.07) is 10.1. The molecule has 0 radical (unpaired) electrons. The first-order valence-electron chi connectivity index (χ1n) is 11.0. The van der Waals surface area contributed by atoms with Gasteiger partial charge in [0.25, 0.3) is 0 Å². The van der Waals surface area contributed by atoms with Crippen LogP contribution < -0.4 is 4.57 Å². The molecule has 6 nitrogen and oxygen atoms in total. The highest BCUT2D eigenvalue weighted by molar-refractivity contribution is 7.13. The van der Waals surface area contributed by atoms with Gasteiger partial charge in [-0.3, -0.25) is 0 Å². The summed E-state index contributed by atoms with van der Waals surface area (Å²) >= 11 is 1.42. The number of pyridine rings is 1. The topological polar surface area (TPSA) is 90.2 Å². The van der Waals surface area contributed by atoms with Crippen LogP contribution in [0.25, 0.3) is 12.2 Å². The number of thiophene rings is 1. The van der Waals surface area contributed by atoms with Crippen LogP contribution in [0.4, 0.5) is 0 Å². The number of nitrogens with zero attached hydrogens (tertiary/aromatic N) is 3. The Morgan fingerprint density at radius 1 is 1.06 bits per heavy atom. The highest BCUT2D eigenvalue weighted by Crippen LogP contribution is 2.31. The van der Waals surface area contributed by atoms with Gasteiger partial charge in [0.1, 0.15) is 13.2 Å². The van der Waals surface area contributed by atoms with Crippen LogP contribution in [0.3, 0.4) is 0 Å². The molecule has 2 aromatic heterocycles. The van der Waals surface area contributed by atoms with E-state index in [0.717, 1.165) is 54.8 Å². The number of aryl methyl sites for hydroxylation is 1. The van der Waals surface area contributed by atoms with Crippen LogP contribution in [-0.2, 0) is 22.6 Å². The Balaban J connectivity index is 1.88. The van der Waals surface area contributed by atoms with E-state index < -0.39 is 5.92 Å². The van der Waals surface area contributed by atoms with Gasteiger partial charge in [-0.2, -0.15) is 10.5 Å². The van der Waals surface area contributed by atoms with Gasteiger partial charge in [0.2, 0.25) is 0 Å². The molecule has 7 heteroatoms. The number of terminal acetylenes is 1. The van der Waals surface area contributed by atoms with Gasteiger partial charge in [0, 0.05) is 34.9 Å². The molecular weight excluding hydrogens is 434 g/mol. The standard InChI is InChI=1S/C26H30N3O3S/c1-2-15-31-16-6-4-3-5-11-29-12-9-22(10-13-29)7-8-25-18-23(21-32-17-14-30)26(33-25)24(19-27)20-28/h1,7-10,12-13,18,24,30H,3-6,11,14-17,21H2/q+1/b8-7+. The summed E-state index contributed by atoms with van der Waals surface area (Å²) < 4.78 is 12.9. The molecule has 0 unspecified atom stereocenters. The number of aromatic nitrogens is 1. The van der Waals surface area contributed by atoms with Crippen LogP contribution in [-0.4, -0.2) is 31.5 Å². The van der Waals surface area contributed by atoms with E-state index >= 15 is 0 Å². The molecule has 0 bridgehead atoms. The first kappa shape index (κ1) is 26.3. The maximum absolute atomic E-state index is 9.27. The molecule has 0 aromatic carbocycles. The fourth-order valence-electron chi connectivity index (χ4n) is 3.19. The van der Waals surface area contributed by atoms with Crippen LogP contribution in [0.15, 0.2) is 30.6 Å². The Labute approximate surface area is 200 Å². The first-order valence-corrected chi connectivity index (χ1v) is 11.8. The Hall–Kier alpha value is -2.99. The van der Waals surface area contributed by atoms with Crippen LogP contribution in [0.2, 0.25) is 0 Å². The van der Waals surface area contributed by atoms with Crippen molar-refractivity contribution in [2.75, 3.05) is 26.4 Å². The van der Waals surface area contributed by atoms with Crippen molar-refractivity contribution in [2.45, 2.75) is 44.8 Å². The highest BCUT2D eigenvalue weighted by Gasteiger charge is 2.18. The molecule has 0 saturated heterocycles. The zero-order valence-electron chi connectivity index (χ0n) is 18.8. The maximum atomic E-state index is 9.27. The fraction of sp³-hybridized carbons (Fsp3) is 0.423.